The second-order valence-corrected chi connectivity index (χ2v) is 5.57. The van der Waals surface area contributed by atoms with E-state index in [0.29, 0.717) is 17.0 Å². The summed E-state index contributed by atoms with van der Waals surface area (Å²) in [6, 6.07) is 10.00. The zero-order valence-electron chi connectivity index (χ0n) is 13.5. The van der Waals surface area contributed by atoms with Crippen molar-refractivity contribution in [3.8, 4) is 22.8 Å². The Morgan fingerprint density at radius 1 is 1.17 bits per heavy atom. The lowest BCUT2D eigenvalue weighted by Gasteiger charge is -2.10. The molecule has 0 aliphatic carbocycles. The zero-order chi connectivity index (χ0) is 16.9. The summed E-state index contributed by atoms with van der Waals surface area (Å²) in [6.45, 7) is 1.72. The highest BCUT2D eigenvalue weighted by molar-refractivity contribution is 5.60. The third kappa shape index (κ3) is 3.75. The molecule has 0 saturated carbocycles. The maximum Gasteiger partial charge on any atom is 0.259 e. The largest absolute Gasteiger partial charge is 0.369 e. The van der Waals surface area contributed by atoms with Crippen LogP contribution in [0.4, 0.5) is 10.2 Å². The lowest BCUT2D eigenvalue weighted by atomic mass is 10.2. The van der Waals surface area contributed by atoms with Crippen LogP contribution >= 0.6 is 0 Å². The summed E-state index contributed by atoms with van der Waals surface area (Å²) in [6.07, 6.45) is 1.65. The zero-order valence-corrected chi connectivity index (χ0v) is 13.5. The van der Waals surface area contributed by atoms with Gasteiger partial charge in [-0.15, -0.1) is 0 Å². The number of likely N-dealkylation sites (N-methyl/N-ethyl adjacent to an activating group) is 1. The van der Waals surface area contributed by atoms with Crippen LogP contribution in [0.15, 0.2) is 47.1 Å². The van der Waals surface area contributed by atoms with E-state index in [0.717, 1.165) is 18.9 Å². The highest BCUT2D eigenvalue weighted by atomic mass is 19.1. The molecule has 0 atom stereocenters. The second-order valence-electron chi connectivity index (χ2n) is 5.57. The monoisotopic (exact) mass is 327 g/mol. The van der Waals surface area contributed by atoms with Gasteiger partial charge in [0.1, 0.15) is 11.6 Å². The number of hydrogen-bond acceptors (Lipinski definition) is 6. The van der Waals surface area contributed by atoms with E-state index in [1.165, 1.54) is 6.07 Å². The highest BCUT2D eigenvalue weighted by Crippen LogP contribution is 2.24. The fraction of sp³-hybridized carbons (Fsp3) is 0.235. The number of anilines is 1. The Labute approximate surface area is 139 Å². The average Bonchev–Trinajstić information content (AvgIpc) is 3.05. The Kier molecular flexibility index (Phi) is 4.81. The Hall–Kier alpha value is -2.80. The van der Waals surface area contributed by atoms with E-state index in [1.54, 1.807) is 24.4 Å². The predicted octanol–water partition coefficient (Wildman–Crippen LogP) is 2.91. The van der Waals surface area contributed by atoms with Gasteiger partial charge in [0.25, 0.3) is 5.89 Å². The maximum atomic E-state index is 13.8. The number of nitrogens with zero attached hydrogens (tertiary/aromatic N) is 4. The molecule has 1 aromatic carbocycles. The molecular formula is C17H18FN5O. The molecule has 0 bridgehead atoms. The normalized spacial score (nSPS) is 11.0. The van der Waals surface area contributed by atoms with Gasteiger partial charge in [-0.2, -0.15) is 4.98 Å². The summed E-state index contributed by atoms with van der Waals surface area (Å²) in [5.74, 6) is 0.912. The van der Waals surface area contributed by atoms with Crippen molar-refractivity contribution in [2.24, 2.45) is 0 Å². The van der Waals surface area contributed by atoms with Gasteiger partial charge >= 0.3 is 0 Å². The van der Waals surface area contributed by atoms with Crippen molar-refractivity contribution in [3.63, 3.8) is 0 Å². The van der Waals surface area contributed by atoms with E-state index < -0.39 is 0 Å². The Bertz CT molecular complexity index is 801. The minimum Gasteiger partial charge on any atom is -0.369 e. The molecule has 0 amide bonds. The van der Waals surface area contributed by atoms with Crippen LogP contribution in [0.1, 0.15) is 0 Å². The predicted molar refractivity (Wildman–Crippen MR) is 90.0 cm³/mol. The fourth-order valence-electron chi connectivity index (χ4n) is 2.13. The van der Waals surface area contributed by atoms with Gasteiger partial charge in [0.15, 0.2) is 0 Å². The number of halogens is 1. The van der Waals surface area contributed by atoms with Crippen LogP contribution in [0, 0.1) is 5.82 Å². The summed E-state index contributed by atoms with van der Waals surface area (Å²) < 4.78 is 19.0. The van der Waals surface area contributed by atoms with Gasteiger partial charge in [-0.3, -0.25) is 0 Å². The van der Waals surface area contributed by atoms with E-state index in [1.807, 2.05) is 26.2 Å². The van der Waals surface area contributed by atoms with Gasteiger partial charge < -0.3 is 14.7 Å². The third-order valence-corrected chi connectivity index (χ3v) is 3.42. The average molecular weight is 327 g/mol. The minimum atomic E-state index is -0.386. The number of aromatic nitrogens is 3. The van der Waals surface area contributed by atoms with Crippen LogP contribution in [-0.2, 0) is 0 Å². The van der Waals surface area contributed by atoms with Crippen molar-refractivity contribution >= 4 is 5.82 Å². The molecule has 0 unspecified atom stereocenters. The molecule has 0 fully saturated rings. The van der Waals surface area contributed by atoms with Crippen molar-refractivity contribution in [1.82, 2.24) is 20.0 Å². The third-order valence-electron chi connectivity index (χ3n) is 3.42. The Balaban J connectivity index is 1.72. The van der Waals surface area contributed by atoms with Crippen LogP contribution in [0.5, 0.6) is 0 Å². The first-order chi connectivity index (χ1) is 11.6. The number of rotatable bonds is 6. The first kappa shape index (κ1) is 16.1. The smallest absolute Gasteiger partial charge is 0.259 e. The molecule has 2 heterocycles. The van der Waals surface area contributed by atoms with E-state index in [2.05, 4.69) is 25.3 Å². The number of nitrogens with one attached hydrogen (secondary N) is 1. The Morgan fingerprint density at radius 2 is 2.00 bits per heavy atom. The van der Waals surface area contributed by atoms with Gasteiger partial charge in [0, 0.05) is 19.3 Å². The van der Waals surface area contributed by atoms with Crippen molar-refractivity contribution in [2.45, 2.75) is 0 Å². The molecule has 124 valence electrons. The molecule has 0 aliphatic heterocycles. The molecule has 0 radical (unpaired) electrons. The van der Waals surface area contributed by atoms with Crippen LogP contribution in [0.25, 0.3) is 22.8 Å². The summed E-state index contributed by atoms with van der Waals surface area (Å²) >= 11 is 0. The first-order valence-corrected chi connectivity index (χ1v) is 7.57. The molecule has 0 saturated heterocycles. The van der Waals surface area contributed by atoms with E-state index in [4.69, 9.17) is 4.52 Å². The molecule has 7 heteroatoms. The Morgan fingerprint density at radius 3 is 2.71 bits per heavy atom. The molecule has 6 nitrogen and oxygen atoms in total. The minimum absolute atomic E-state index is 0.219. The molecule has 24 heavy (non-hydrogen) atoms. The summed E-state index contributed by atoms with van der Waals surface area (Å²) in [5, 5.41) is 7.06. The lowest BCUT2D eigenvalue weighted by molar-refractivity contribution is 0.425. The van der Waals surface area contributed by atoms with Crippen LogP contribution in [0.2, 0.25) is 0 Å². The number of pyridine rings is 1. The van der Waals surface area contributed by atoms with E-state index in [9.17, 15) is 4.39 Å². The van der Waals surface area contributed by atoms with Crippen molar-refractivity contribution in [3.05, 3.63) is 48.4 Å². The van der Waals surface area contributed by atoms with Crippen LogP contribution in [0.3, 0.4) is 0 Å². The quantitative estimate of drug-likeness (QED) is 0.751. The van der Waals surface area contributed by atoms with Crippen molar-refractivity contribution < 1.29 is 8.91 Å². The van der Waals surface area contributed by atoms with Gasteiger partial charge in [0.05, 0.1) is 11.1 Å². The van der Waals surface area contributed by atoms with E-state index >= 15 is 0 Å². The maximum absolute atomic E-state index is 13.8. The molecule has 1 N–H and O–H groups in total. The van der Waals surface area contributed by atoms with Crippen LogP contribution < -0.4 is 5.32 Å². The van der Waals surface area contributed by atoms with Gasteiger partial charge in [-0.25, -0.2) is 9.37 Å². The van der Waals surface area contributed by atoms with Gasteiger partial charge in [0.2, 0.25) is 5.82 Å². The topological polar surface area (TPSA) is 67.1 Å². The SMILES string of the molecule is CN(C)CCNc1ccc(-c2nc(-c3ccccc3F)no2)cn1. The standard InChI is InChI=1S/C17H18FN5O/c1-23(2)10-9-19-15-8-7-12(11-20-15)17-21-16(22-24-17)13-5-3-4-6-14(13)18/h3-8,11H,9-10H2,1-2H3,(H,19,20). The summed E-state index contributed by atoms with van der Waals surface area (Å²) in [5.41, 5.74) is 0.991. The summed E-state index contributed by atoms with van der Waals surface area (Å²) in [4.78, 5) is 10.6. The van der Waals surface area contributed by atoms with E-state index in [-0.39, 0.29) is 11.6 Å². The van der Waals surface area contributed by atoms with Gasteiger partial charge in [-0.05, 0) is 38.4 Å². The fourth-order valence-corrected chi connectivity index (χ4v) is 2.13. The molecule has 0 aliphatic rings. The van der Waals surface area contributed by atoms with Crippen molar-refractivity contribution in [2.75, 3.05) is 32.5 Å². The molecule has 3 rings (SSSR count). The highest BCUT2D eigenvalue weighted by Gasteiger charge is 2.13. The molecular weight excluding hydrogens is 309 g/mol. The molecule has 3 aromatic rings. The first-order valence-electron chi connectivity index (χ1n) is 7.57. The molecule has 2 aromatic heterocycles. The summed E-state index contributed by atoms with van der Waals surface area (Å²) in [7, 11) is 4.03. The second kappa shape index (κ2) is 7.18. The lowest BCUT2D eigenvalue weighted by Crippen LogP contribution is -2.21. The van der Waals surface area contributed by atoms with Gasteiger partial charge in [-0.1, -0.05) is 17.3 Å². The van der Waals surface area contributed by atoms with Crippen LogP contribution in [-0.4, -0.2) is 47.2 Å². The molecule has 0 spiro atoms. The van der Waals surface area contributed by atoms with Crippen molar-refractivity contribution in [1.29, 1.82) is 0 Å². The number of benzene rings is 1. The number of hydrogen-bond donors (Lipinski definition) is 1.